The van der Waals surface area contributed by atoms with Gasteiger partial charge in [-0.1, -0.05) is 0 Å². The summed E-state index contributed by atoms with van der Waals surface area (Å²) in [5.74, 6) is -0.640. The van der Waals surface area contributed by atoms with Crippen LogP contribution in [0.5, 0.6) is 0 Å². The number of rotatable bonds is 3. The average molecular weight is 264 g/mol. The number of nitrogens with zero attached hydrogens (tertiary/aromatic N) is 1. The lowest BCUT2D eigenvalue weighted by Crippen LogP contribution is -2.21. The number of nitrogens with one attached hydrogen (secondary N) is 1. The predicted octanol–water partition coefficient (Wildman–Crippen LogP) is 2.06. The molecule has 0 aliphatic heterocycles. The molecule has 0 aliphatic rings. The van der Waals surface area contributed by atoms with E-state index >= 15 is 0 Å². The van der Waals surface area contributed by atoms with Gasteiger partial charge in [-0.25, -0.2) is 9.78 Å². The monoisotopic (exact) mass is 264 g/mol. The van der Waals surface area contributed by atoms with E-state index in [9.17, 15) is 9.59 Å². The summed E-state index contributed by atoms with van der Waals surface area (Å²) in [6.45, 7) is 3.47. The molecule has 0 aromatic carbocycles. The number of carbonyl (C=O) groups excluding carboxylic acids is 1. The molecule has 94 valence electrons. The molecule has 5 nitrogen and oxygen atoms in total. The summed E-state index contributed by atoms with van der Waals surface area (Å²) in [5.41, 5.74) is 0.264. The zero-order valence-corrected chi connectivity index (χ0v) is 10.8. The first-order chi connectivity index (χ1) is 8.58. The van der Waals surface area contributed by atoms with E-state index < -0.39 is 17.6 Å². The summed E-state index contributed by atoms with van der Waals surface area (Å²) in [7, 11) is 0. The van der Waals surface area contributed by atoms with Gasteiger partial charge in [0.25, 0.3) is 5.56 Å². The van der Waals surface area contributed by atoms with E-state index in [1.54, 1.807) is 31.5 Å². The molecule has 0 aliphatic carbocycles. The fraction of sp³-hybridized carbons (Fsp3) is 0.250. The third-order valence-electron chi connectivity index (χ3n) is 2.36. The third kappa shape index (κ3) is 2.65. The molecular formula is C12H12N2O3S. The molecule has 1 atom stereocenters. The quantitative estimate of drug-likeness (QED) is 0.861. The van der Waals surface area contributed by atoms with Crippen molar-refractivity contribution in [1.82, 2.24) is 9.97 Å². The van der Waals surface area contributed by atoms with Gasteiger partial charge in [0.05, 0.1) is 0 Å². The molecule has 0 spiro atoms. The number of carbonyl (C=O) groups is 1. The van der Waals surface area contributed by atoms with E-state index in [2.05, 4.69) is 9.97 Å². The van der Waals surface area contributed by atoms with Crippen molar-refractivity contribution in [3.8, 4) is 0 Å². The molecule has 0 saturated carbocycles. The molecule has 0 bridgehead atoms. The third-order valence-corrected chi connectivity index (χ3v) is 3.29. The second-order valence-corrected chi connectivity index (χ2v) is 4.73. The highest BCUT2D eigenvalue weighted by molar-refractivity contribution is 7.09. The maximum absolute atomic E-state index is 11.8. The second kappa shape index (κ2) is 5.14. The highest BCUT2D eigenvalue weighted by Crippen LogP contribution is 2.19. The summed E-state index contributed by atoms with van der Waals surface area (Å²) >= 11 is 1.40. The SMILES string of the molecule is Cc1ccc(C(=O)O[C@@H](C)c2nccs2)c(=O)[nH]1. The topological polar surface area (TPSA) is 72.0 Å². The van der Waals surface area contributed by atoms with Crippen molar-refractivity contribution >= 4 is 17.3 Å². The van der Waals surface area contributed by atoms with Gasteiger partial charge >= 0.3 is 5.97 Å². The largest absolute Gasteiger partial charge is 0.452 e. The van der Waals surface area contributed by atoms with Crippen LogP contribution in [0.4, 0.5) is 0 Å². The summed E-state index contributed by atoms with van der Waals surface area (Å²) in [6.07, 6.45) is 1.18. The van der Waals surface area contributed by atoms with Gasteiger partial charge in [0, 0.05) is 17.3 Å². The Bertz CT molecular complexity index is 604. The Kier molecular flexibility index (Phi) is 3.57. The Balaban J connectivity index is 2.15. The minimum absolute atomic E-state index is 0.00371. The zero-order valence-electron chi connectivity index (χ0n) is 9.97. The highest BCUT2D eigenvalue weighted by Gasteiger charge is 2.17. The molecule has 2 heterocycles. The van der Waals surface area contributed by atoms with Gasteiger partial charge in [0.2, 0.25) is 0 Å². The van der Waals surface area contributed by atoms with Crippen LogP contribution < -0.4 is 5.56 Å². The Hall–Kier alpha value is -1.95. The normalized spacial score (nSPS) is 12.1. The van der Waals surface area contributed by atoms with E-state index in [-0.39, 0.29) is 5.56 Å². The van der Waals surface area contributed by atoms with Crippen LogP contribution in [-0.2, 0) is 4.74 Å². The number of aromatic amines is 1. The van der Waals surface area contributed by atoms with Crippen molar-refractivity contribution in [2.45, 2.75) is 20.0 Å². The molecule has 2 aromatic rings. The molecule has 18 heavy (non-hydrogen) atoms. The van der Waals surface area contributed by atoms with E-state index in [1.165, 1.54) is 17.4 Å². The van der Waals surface area contributed by atoms with Gasteiger partial charge in [0.1, 0.15) is 10.6 Å². The summed E-state index contributed by atoms with van der Waals surface area (Å²) in [5, 5.41) is 2.50. The molecule has 0 fully saturated rings. The number of aryl methyl sites for hydroxylation is 1. The van der Waals surface area contributed by atoms with Crippen LogP contribution in [0.1, 0.15) is 34.1 Å². The van der Waals surface area contributed by atoms with Crippen LogP contribution in [0.25, 0.3) is 0 Å². The average Bonchev–Trinajstić information content (AvgIpc) is 2.81. The number of ether oxygens (including phenoxy) is 1. The fourth-order valence-electron chi connectivity index (χ4n) is 1.44. The lowest BCUT2D eigenvalue weighted by atomic mass is 10.2. The lowest BCUT2D eigenvalue weighted by molar-refractivity contribution is 0.0335. The maximum atomic E-state index is 11.8. The van der Waals surface area contributed by atoms with Crippen molar-refractivity contribution in [3.05, 3.63) is 50.3 Å². The Morgan fingerprint density at radius 2 is 2.28 bits per heavy atom. The second-order valence-electron chi connectivity index (χ2n) is 3.80. The molecule has 0 amide bonds. The number of aromatic nitrogens is 2. The van der Waals surface area contributed by atoms with E-state index in [0.29, 0.717) is 10.7 Å². The van der Waals surface area contributed by atoms with Crippen LogP contribution in [-0.4, -0.2) is 15.9 Å². The smallest absolute Gasteiger partial charge is 0.344 e. The number of pyridine rings is 1. The number of esters is 1. The van der Waals surface area contributed by atoms with E-state index in [0.717, 1.165) is 0 Å². The lowest BCUT2D eigenvalue weighted by Gasteiger charge is -2.10. The van der Waals surface area contributed by atoms with Crippen molar-refractivity contribution in [2.75, 3.05) is 0 Å². The molecule has 0 unspecified atom stereocenters. The zero-order chi connectivity index (χ0) is 13.1. The predicted molar refractivity (Wildman–Crippen MR) is 67.7 cm³/mol. The van der Waals surface area contributed by atoms with Crippen LogP contribution in [0.2, 0.25) is 0 Å². The molecule has 6 heteroatoms. The maximum Gasteiger partial charge on any atom is 0.344 e. The van der Waals surface area contributed by atoms with Crippen molar-refractivity contribution in [3.63, 3.8) is 0 Å². The molecule has 2 rings (SSSR count). The first kappa shape index (κ1) is 12.5. The minimum Gasteiger partial charge on any atom is -0.452 e. The van der Waals surface area contributed by atoms with Crippen molar-refractivity contribution in [1.29, 1.82) is 0 Å². The van der Waals surface area contributed by atoms with Crippen LogP contribution in [0, 0.1) is 6.92 Å². The van der Waals surface area contributed by atoms with Crippen molar-refractivity contribution < 1.29 is 9.53 Å². The van der Waals surface area contributed by atoms with E-state index in [4.69, 9.17) is 4.74 Å². The summed E-state index contributed by atoms with van der Waals surface area (Å²) < 4.78 is 5.19. The van der Waals surface area contributed by atoms with Gasteiger partial charge < -0.3 is 9.72 Å². The van der Waals surface area contributed by atoms with Gasteiger partial charge in [-0.3, -0.25) is 4.79 Å². The van der Waals surface area contributed by atoms with Crippen LogP contribution in [0.3, 0.4) is 0 Å². The van der Waals surface area contributed by atoms with Gasteiger partial charge in [-0.2, -0.15) is 0 Å². The van der Waals surface area contributed by atoms with E-state index in [1.807, 2.05) is 0 Å². The number of thiazole rings is 1. The first-order valence-corrected chi connectivity index (χ1v) is 6.26. The standard InChI is InChI=1S/C12H12N2O3S/c1-7-3-4-9(10(15)14-7)12(16)17-8(2)11-13-5-6-18-11/h3-6,8H,1-2H3,(H,14,15)/t8-/m0/s1. The first-order valence-electron chi connectivity index (χ1n) is 5.38. The summed E-state index contributed by atoms with van der Waals surface area (Å²) in [4.78, 5) is 30.0. The molecule has 0 radical (unpaired) electrons. The number of H-pyrrole nitrogens is 1. The Morgan fingerprint density at radius 1 is 1.50 bits per heavy atom. The summed E-state index contributed by atoms with van der Waals surface area (Å²) in [6, 6.07) is 3.12. The molecule has 2 aromatic heterocycles. The number of hydrogen-bond donors (Lipinski definition) is 1. The Labute approximate surface area is 107 Å². The molecular weight excluding hydrogens is 252 g/mol. The molecule has 1 N–H and O–H groups in total. The Morgan fingerprint density at radius 3 is 2.89 bits per heavy atom. The highest BCUT2D eigenvalue weighted by atomic mass is 32.1. The fourth-order valence-corrected chi connectivity index (χ4v) is 2.07. The van der Waals surface area contributed by atoms with Crippen LogP contribution in [0.15, 0.2) is 28.5 Å². The van der Waals surface area contributed by atoms with Crippen molar-refractivity contribution in [2.24, 2.45) is 0 Å². The minimum atomic E-state index is -0.640. The van der Waals surface area contributed by atoms with Crippen LogP contribution >= 0.6 is 11.3 Å². The molecule has 0 saturated heterocycles. The number of hydrogen-bond acceptors (Lipinski definition) is 5. The van der Waals surface area contributed by atoms with Gasteiger partial charge in [0.15, 0.2) is 6.10 Å². The van der Waals surface area contributed by atoms with Gasteiger partial charge in [-0.15, -0.1) is 11.3 Å². The van der Waals surface area contributed by atoms with Gasteiger partial charge in [-0.05, 0) is 26.0 Å².